The summed E-state index contributed by atoms with van der Waals surface area (Å²) in [4.78, 5) is 13.7. The monoisotopic (exact) mass is 270 g/mol. The molecule has 0 radical (unpaired) electrons. The van der Waals surface area contributed by atoms with Crippen LogP contribution in [0.5, 0.6) is 0 Å². The number of rotatable bonds is 4. The molecule has 20 heavy (non-hydrogen) atoms. The molecule has 106 valence electrons. The van der Waals surface area contributed by atoms with Crippen molar-refractivity contribution < 1.29 is 4.79 Å². The summed E-state index contributed by atoms with van der Waals surface area (Å²) < 4.78 is 0. The first kappa shape index (κ1) is 13.4. The van der Waals surface area contributed by atoms with Crippen LogP contribution in [0.2, 0.25) is 0 Å². The number of likely N-dealkylation sites (tertiary alicyclic amines) is 1. The molecule has 0 spiro atoms. The lowest BCUT2D eigenvalue weighted by atomic mass is 10.0. The van der Waals surface area contributed by atoms with E-state index in [2.05, 4.69) is 40.5 Å². The summed E-state index contributed by atoms with van der Waals surface area (Å²) in [5.41, 5.74) is 2.54. The number of hydrogen-bond acceptors (Lipinski definition) is 3. The van der Waals surface area contributed by atoms with E-state index in [1.165, 1.54) is 18.4 Å². The first-order chi connectivity index (χ1) is 9.79. The van der Waals surface area contributed by atoms with Crippen molar-refractivity contribution in [3.8, 4) is 0 Å². The largest absolute Gasteiger partial charge is 0.385 e. The van der Waals surface area contributed by atoms with Crippen molar-refractivity contribution in [2.45, 2.75) is 38.3 Å². The summed E-state index contributed by atoms with van der Waals surface area (Å²) in [7, 11) is 0. The van der Waals surface area contributed by atoms with Crippen molar-refractivity contribution in [1.82, 2.24) is 10.2 Å². The number of piperidine rings is 1. The molecule has 1 saturated heterocycles. The minimum atomic E-state index is 0.272. The lowest BCUT2D eigenvalue weighted by molar-refractivity contribution is -0.114. The number of allylic oxidation sites excluding steroid dienone is 2. The van der Waals surface area contributed by atoms with Gasteiger partial charge in [-0.1, -0.05) is 30.3 Å². The van der Waals surface area contributed by atoms with Gasteiger partial charge in [0.2, 0.25) is 0 Å². The van der Waals surface area contributed by atoms with Gasteiger partial charge in [-0.2, -0.15) is 0 Å². The SMILES string of the molecule is O=C1C=C(NC2CCN(Cc3ccccc3)CC2)CC1. The van der Waals surface area contributed by atoms with Crippen molar-refractivity contribution in [3.63, 3.8) is 0 Å². The fraction of sp³-hybridized carbons (Fsp3) is 0.471. The van der Waals surface area contributed by atoms with Gasteiger partial charge >= 0.3 is 0 Å². The Balaban J connectivity index is 1.45. The van der Waals surface area contributed by atoms with Gasteiger partial charge in [0.05, 0.1) is 0 Å². The van der Waals surface area contributed by atoms with Crippen LogP contribution in [-0.4, -0.2) is 29.8 Å². The lowest BCUT2D eigenvalue weighted by Crippen LogP contribution is -2.41. The van der Waals surface area contributed by atoms with E-state index in [0.717, 1.165) is 31.8 Å². The van der Waals surface area contributed by atoms with Crippen molar-refractivity contribution in [3.05, 3.63) is 47.7 Å². The summed E-state index contributed by atoms with van der Waals surface area (Å²) >= 11 is 0. The van der Waals surface area contributed by atoms with Crippen LogP contribution in [0, 0.1) is 0 Å². The summed E-state index contributed by atoms with van der Waals surface area (Å²) in [5, 5.41) is 3.55. The van der Waals surface area contributed by atoms with E-state index in [1.54, 1.807) is 6.08 Å². The molecule has 0 aromatic heterocycles. The molecule has 3 heteroatoms. The molecule has 1 aliphatic carbocycles. The summed E-state index contributed by atoms with van der Waals surface area (Å²) in [6, 6.07) is 11.2. The van der Waals surface area contributed by atoms with Gasteiger partial charge < -0.3 is 5.32 Å². The molecule has 3 nitrogen and oxygen atoms in total. The Kier molecular flexibility index (Phi) is 4.16. The molecule has 0 saturated carbocycles. The highest BCUT2D eigenvalue weighted by Crippen LogP contribution is 2.18. The maximum atomic E-state index is 11.2. The quantitative estimate of drug-likeness (QED) is 0.912. The highest BCUT2D eigenvalue weighted by molar-refractivity contribution is 5.92. The second-order valence-electron chi connectivity index (χ2n) is 5.82. The molecule has 1 fully saturated rings. The zero-order valence-electron chi connectivity index (χ0n) is 11.8. The van der Waals surface area contributed by atoms with Gasteiger partial charge in [0, 0.05) is 43.9 Å². The van der Waals surface area contributed by atoms with Crippen LogP contribution in [0.25, 0.3) is 0 Å². The zero-order chi connectivity index (χ0) is 13.8. The molecule has 2 aliphatic rings. The number of ketones is 1. The van der Waals surface area contributed by atoms with Gasteiger partial charge in [-0.3, -0.25) is 9.69 Å². The van der Waals surface area contributed by atoms with Gasteiger partial charge in [-0.15, -0.1) is 0 Å². The average Bonchev–Trinajstić information content (AvgIpc) is 2.88. The molecular weight excluding hydrogens is 248 g/mol. The van der Waals surface area contributed by atoms with E-state index < -0.39 is 0 Å². The van der Waals surface area contributed by atoms with Crippen molar-refractivity contribution in [2.24, 2.45) is 0 Å². The molecule has 0 atom stereocenters. The standard InChI is InChI=1S/C17H22N2O/c20-17-7-6-16(12-17)18-15-8-10-19(11-9-15)13-14-4-2-1-3-5-14/h1-5,12,15,18H,6-11,13H2. The fourth-order valence-corrected chi connectivity index (χ4v) is 3.05. The topological polar surface area (TPSA) is 32.3 Å². The molecule has 1 N–H and O–H groups in total. The number of nitrogens with one attached hydrogen (secondary N) is 1. The molecule has 3 rings (SSSR count). The van der Waals surface area contributed by atoms with Crippen molar-refractivity contribution in [2.75, 3.05) is 13.1 Å². The summed E-state index contributed by atoms with van der Waals surface area (Å²) in [6.45, 7) is 3.32. The predicted molar refractivity (Wildman–Crippen MR) is 80.2 cm³/mol. The second-order valence-corrected chi connectivity index (χ2v) is 5.82. The molecular formula is C17H22N2O. The van der Waals surface area contributed by atoms with E-state index in [-0.39, 0.29) is 5.78 Å². The van der Waals surface area contributed by atoms with E-state index in [9.17, 15) is 4.79 Å². The third kappa shape index (κ3) is 3.48. The van der Waals surface area contributed by atoms with Gasteiger partial charge in [0.15, 0.2) is 5.78 Å². The van der Waals surface area contributed by atoms with Crippen molar-refractivity contribution >= 4 is 5.78 Å². The normalized spacial score (nSPS) is 21.0. The number of carbonyl (C=O) groups excluding carboxylic acids is 1. The van der Waals surface area contributed by atoms with Gasteiger partial charge in [-0.05, 0) is 24.8 Å². The lowest BCUT2D eigenvalue weighted by Gasteiger charge is -2.33. The maximum absolute atomic E-state index is 11.2. The van der Waals surface area contributed by atoms with Crippen LogP contribution in [0.4, 0.5) is 0 Å². The Morgan fingerprint density at radius 2 is 1.85 bits per heavy atom. The maximum Gasteiger partial charge on any atom is 0.157 e. The Labute approximate surface area is 120 Å². The number of benzene rings is 1. The minimum absolute atomic E-state index is 0.272. The Morgan fingerprint density at radius 1 is 1.10 bits per heavy atom. The Morgan fingerprint density at radius 3 is 2.50 bits per heavy atom. The Bertz CT molecular complexity index is 487. The number of hydrogen-bond donors (Lipinski definition) is 1. The smallest absolute Gasteiger partial charge is 0.157 e. The van der Waals surface area contributed by atoms with Crippen LogP contribution in [0.1, 0.15) is 31.2 Å². The third-order valence-electron chi connectivity index (χ3n) is 4.20. The van der Waals surface area contributed by atoms with Crippen LogP contribution in [0.15, 0.2) is 42.1 Å². The highest BCUT2D eigenvalue weighted by atomic mass is 16.1. The average molecular weight is 270 g/mol. The first-order valence-electron chi connectivity index (χ1n) is 7.56. The summed E-state index contributed by atoms with van der Waals surface area (Å²) in [5.74, 6) is 0.272. The minimum Gasteiger partial charge on any atom is -0.385 e. The molecule has 0 unspecified atom stereocenters. The van der Waals surface area contributed by atoms with Gasteiger partial charge in [-0.25, -0.2) is 0 Å². The molecule has 1 aromatic carbocycles. The van der Waals surface area contributed by atoms with Crippen molar-refractivity contribution in [1.29, 1.82) is 0 Å². The molecule has 1 aliphatic heterocycles. The molecule has 0 amide bonds. The second kappa shape index (κ2) is 6.23. The molecule has 0 bridgehead atoms. The summed E-state index contributed by atoms with van der Waals surface area (Å²) in [6.07, 6.45) is 5.71. The van der Waals surface area contributed by atoms with E-state index in [4.69, 9.17) is 0 Å². The van der Waals surface area contributed by atoms with Gasteiger partial charge in [0.1, 0.15) is 0 Å². The van der Waals surface area contributed by atoms with Crippen LogP contribution in [-0.2, 0) is 11.3 Å². The number of carbonyl (C=O) groups is 1. The predicted octanol–water partition coefficient (Wildman–Crippen LogP) is 2.49. The van der Waals surface area contributed by atoms with E-state index >= 15 is 0 Å². The zero-order valence-corrected chi connectivity index (χ0v) is 11.8. The van der Waals surface area contributed by atoms with E-state index in [0.29, 0.717) is 12.5 Å². The van der Waals surface area contributed by atoms with Crippen LogP contribution >= 0.6 is 0 Å². The fourth-order valence-electron chi connectivity index (χ4n) is 3.05. The Hall–Kier alpha value is -1.61. The van der Waals surface area contributed by atoms with E-state index in [1.807, 2.05) is 0 Å². The highest BCUT2D eigenvalue weighted by Gasteiger charge is 2.21. The van der Waals surface area contributed by atoms with Crippen LogP contribution < -0.4 is 5.32 Å². The third-order valence-corrected chi connectivity index (χ3v) is 4.20. The van der Waals surface area contributed by atoms with Gasteiger partial charge in [0.25, 0.3) is 0 Å². The molecule has 1 aromatic rings. The van der Waals surface area contributed by atoms with Crippen LogP contribution in [0.3, 0.4) is 0 Å². The molecule has 1 heterocycles. The number of nitrogens with zero attached hydrogens (tertiary/aromatic N) is 1. The first-order valence-corrected chi connectivity index (χ1v) is 7.56.